The lowest BCUT2D eigenvalue weighted by Gasteiger charge is -2.37. The molecule has 0 radical (unpaired) electrons. The van der Waals surface area contributed by atoms with Crippen LogP contribution in [-0.4, -0.2) is 69.3 Å². The second-order valence-electron chi connectivity index (χ2n) is 6.49. The molecule has 1 fully saturated rings. The fourth-order valence-electron chi connectivity index (χ4n) is 3.73. The van der Waals surface area contributed by atoms with E-state index in [4.69, 9.17) is 14.2 Å². The van der Waals surface area contributed by atoms with Gasteiger partial charge in [0.1, 0.15) is 0 Å². The molecule has 25 heavy (non-hydrogen) atoms. The van der Waals surface area contributed by atoms with Crippen LogP contribution in [0.3, 0.4) is 0 Å². The first kappa shape index (κ1) is 18.0. The van der Waals surface area contributed by atoms with Gasteiger partial charge in [0.05, 0.1) is 33.0 Å². The summed E-state index contributed by atoms with van der Waals surface area (Å²) in [6.45, 7) is 7.79. The Bertz CT molecular complexity index is 587. The van der Waals surface area contributed by atoms with Crippen molar-refractivity contribution >= 4 is 6.41 Å². The molecule has 1 amide bonds. The molecule has 6 nitrogen and oxygen atoms in total. The van der Waals surface area contributed by atoms with E-state index in [1.807, 2.05) is 11.8 Å². The van der Waals surface area contributed by atoms with Crippen LogP contribution in [0.5, 0.6) is 11.5 Å². The first-order valence-electron chi connectivity index (χ1n) is 9.11. The molecule has 138 valence electrons. The Balaban J connectivity index is 1.82. The summed E-state index contributed by atoms with van der Waals surface area (Å²) in [6.07, 6.45) is 2.76. The summed E-state index contributed by atoms with van der Waals surface area (Å²) in [6, 6.07) is 4.23. The molecule has 0 aliphatic carbocycles. The molecule has 3 rings (SSSR count). The van der Waals surface area contributed by atoms with Crippen molar-refractivity contribution in [2.45, 2.75) is 25.8 Å². The molecule has 0 spiro atoms. The Labute approximate surface area is 149 Å². The van der Waals surface area contributed by atoms with Crippen LogP contribution in [0, 0.1) is 0 Å². The highest BCUT2D eigenvalue weighted by Gasteiger charge is 2.28. The van der Waals surface area contributed by atoms with Crippen LogP contribution in [0.1, 0.15) is 30.5 Å². The van der Waals surface area contributed by atoms with Gasteiger partial charge in [-0.1, -0.05) is 0 Å². The molecule has 0 saturated carbocycles. The maximum absolute atomic E-state index is 11.6. The summed E-state index contributed by atoms with van der Waals surface area (Å²) in [4.78, 5) is 15.9. The monoisotopic (exact) mass is 348 g/mol. The maximum atomic E-state index is 11.6. The lowest BCUT2D eigenvalue weighted by atomic mass is 9.90. The molecular weight excluding hydrogens is 320 g/mol. The number of hydrogen-bond acceptors (Lipinski definition) is 5. The second kappa shape index (κ2) is 8.54. The molecule has 0 unspecified atom stereocenters. The third-order valence-electron chi connectivity index (χ3n) is 5.08. The number of fused-ring (bicyclic) bond motifs is 1. The SMILES string of the molecule is CCOc1cc2c(cc1OC)CCN(C=O)[C@@H]2CCN1CCOCC1. The molecule has 1 saturated heterocycles. The van der Waals surface area contributed by atoms with E-state index in [1.165, 1.54) is 11.1 Å². The first-order chi connectivity index (χ1) is 12.3. The summed E-state index contributed by atoms with van der Waals surface area (Å²) in [5, 5.41) is 0. The van der Waals surface area contributed by atoms with Crippen molar-refractivity contribution in [1.29, 1.82) is 0 Å². The molecule has 0 N–H and O–H groups in total. The van der Waals surface area contributed by atoms with Crippen LogP contribution in [0.2, 0.25) is 0 Å². The van der Waals surface area contributed by atoms with Crippen molar-refractivity contribution < 1.29 is 19.0 Å². The number of carbonyl (C=O) groups excluding carboxylic acids is 1. The molecule has 6 heteroatoms. The van der Waals surface area contributed by atoms with Crippen LogP contribution < -0.4 is 9.47 Å². The van der Waals surface area contributed by atoms with Gasteiger partial charge in [-0.15, -0.1) is 0 Å². The molecule has 2 heterocycles. The number of rotatable bonds is 7. The van der Waals surface area contributed by atoms with Crippen molar-refractivity contribution in [3.05, 3.63) is 23.3 Å². The van der Waals surface area contributed by atoms with Gasteiger partial charge in [-0.3, -0.25) is 9.69 Å². The summed E-state index contributed by atoms with van der Waals surface area (Å²) in [7, 11) is 1.67. The Morgan fingerprint density at radius 1 is 1.24 bits per heavy atom. The van der Waals surface area contributed by atoms with Gasteiger partial charge in [-0.05, 0) is 43.0 Å². The Morgan fingerprint density at radius 2 is 2.04 bits per heavy atom. The molecule has 0 bridgehead atoms. The molecule has 0 aromatic heterocycles. The minimum Gasteiger partial charge on any atom is -0.493 e. The fraction of sp³-hybridized carbons (Fsp3) is 0.632. The van der Waals surface area contributed by atoms with Gasteiger partial charge in [0, 0.05) is 26.2 Å². The van der Waals surface area contributed by atoms with Crippen LogP contribution in [-0.2, 0) is 16.0 Å². The van der Waals surface area contributed by atoms with Gasteiger partial charge in [-0.25, -0.2) is 0 Å². The quantitative estimate of drug-likeness (QED) is 0.704. The third kappa shape index (κ3) is 4.07. The van der Waals surface area contributed by atoms with E-state index in [0.717, 1.165) is 70.1 Å². The highest BCUT2D eigenvalue weighted by atomic mass is 16.5. The second-order valence-corrected chi connectivity index (χ2v) is 6.49. The topological polar surface area (TPSA) is 51.2 Å². The maximum Gasteiger partial charge on any atom is 0.210 e. The minimum absolute atomic E-state index is 0.0919. The lowest BCUT2D eigenvalue weighted by Crippen LogP contribution is -2.40. The molecule has 1 aromatic carbocycles. The molecule has 2 aliphatic rings. The summed E-state index contributed by atoms with van der Waals surface area (Å²) in [5.41, 5.74) is 2.45. The number of nitrogens with zero attached hydrogens (tertiary/aromatic N) is 2. The smallest absolute Gasteiger partial charge is 0.210 e. The van der Waals surface area contributed by atoms with Gasteiger partial charge in [0.2, 0.25) is 6.41 Å². The normalized spacial score (nSPS) is 20.9. The zero-order valence-corrected chi connectivity index (χ0v) is 15.2. The number of ether oxygens (including phenoxy) is 3. The van der Waals surface area contributed by atoms with E-state index in [1.54, 1.807) is 7.11 Å². The number of benzene rings is 1. The third-order valence-corrected chi connectivity index (χ3v) is 5.08. The average molecular weight is 348 g/mol. The number of hydrogen-bond donors (Lipinski definition) is 0. The molecular formula is C19H28N2O4. The van der Waals surface area contributed by atoms with Gasteiger partial charge in [-0.2, -0.15) is 0 Å². The number of methoxy groups -OCH3 is 1. The lowest BCUT2D eigenvalue weighted by molar-refractivity contribution is -0.121. The van der Waals surface area contributed by atoms with Crippen LogP contribution >= 0.6 is 0 Å². The van der Waals surface area contributed by atoms with Crippen LogP contribution in [0.15, 0.2) is 12.1 Å². The van der Waals surface area contributed by atoms with Crippen LogP contribution in [0.25, 0.3) is 0 Å². The van der Waals surface area contributed by atoms with E-state index in [9.17, 15) is 4.79 Å². The number of morpholine rings is 1. The number of amides is 1. The fourth-order valence-corrected chi connectivity index (χ4v) is 3.73. The molecule has 2 aliphatic heterocycles. The zero-order valence-electron chi connectivity index (χ0n) is 15.2. The van der Waals surface area contributed by atoms with Crippen molar-refractivity contribution in [3.8, 4) is 11.5 Å². The minimum atomic E-state index is 0.0919. The van der Waals surface area contributed by atoms with E-state index in [2.05, 4.69) is 17.0 Å². The highest BCUT2D eigenvalue weighted by Crippen LogP contribution is 2.39. The highest BCUT2D eigenvalue weighted by molar-refractivity contribution is 5.55. The van der Waals surface area contributed by atoms with Gasteiger partial charge >= 0.3 is 0 Å². The summed E-state index contributed by atoms with van der Waals surface area (Å²) < 4.78 is 16.6. The largest absolute Gasteiger partial charge is 0.493 e. The standard InChI is InChI=1S/C19H28N2O4/c1-3-25-19-13-16-15(12-18(19)23-2)4-7-21(14-22)17(16)5-6-20-8-10-24-11-9-20/h12-14,17H,3-11H2,1-2H3/t17-/m1/s1. The van der Waals surface area contributed by atoms with Crippen molar-refractivity contribution in [2.75, 3.05) is 53.1 Å². The predicted octanol–water partition coefficient (Wildman–Crippen LogP) is 1.87. The van der Waals surface area contributed by atoms with E-state index < -0.39 is 0 Å². The Morgan fingerprint density at radius 3 is 2.72 bits per heavy atom. The van der Waals surface area contributed by atoms with E-state index in [-0.39, 0.29) is 6.04 Å². The van der Waals surface area contributed by atoms with Gasteiger partial charge in [0.15, 0.2) is 11.5 Å². The van der Waals surface area contributed by atoms with Crippen molar-refractivity contribution in [2.24, 2.45) is 0 Å². The Kier molecular flexibility index (Phi) is 6.15. The molecule has 1 aromatic rings. The van der Waals surface area contributed by atoms with Gasteiger partial charge < -0.3 is 19.1 Å². The van der Waals surface area contributed by atoms with Crippen molar-refractivity contribution in [3.63, 3.8) is 0 Å². The predicted molar refractivity (Wildman–Crippen MR) is 95.3 cm³/mol. The Hall–Kier alpha value is -1.79. The summed E-state index contributed by atoms with van der Waals surface area (Å²) in [5.74, 6) is 1.53. The van der Waals surface area contributed by atoms with E-state index >= 15 is 0 Å². The number of carbonyl (C=O) groups is 1. The van der Waals surface area contributed by atoms with Gasteiger partial charge in [0.25, 0.3) is 0 Å². The first-order valence-corrected chi connectivity index (χ1v) is 9.11. The molecule has 1 atom stereocenters. The average Bonchev–Trinajstić information content (AvgIpc) is 2.66. The van der Waals surface area contributed by atoms with Crippen LogP contribution in [0.4, 0.5) is 0 Å². The van der Waals surface area contributed by atoms with Crippen molar-refractivity contribution in [1.82, 2.24) is 9.80 Å². The zero-order chi connectivity index (χ0) is 17.6. The van der Waals surface area contributed by atoms with E-state index in [0.29, 0.717) is 6.61 Å². The summed E-state index contributed by atoms with van der Waals surface area (Å²) >= 11 is 0.